The number of nitrogens with zero attached hydrogens (tertiary/aromatic N) is 1. The number of hydrogen-bond donors (Lipinski definition) is 1. The summed E-state index contributed by atoms with van der Waals surface area (Å²) in [4.78, 5) is 4.34. The third-order valence-electron chi connectivity index (χ3n) is 3.73. The van der Waals surface area contributed by atoms with E-state index >= 15 is 0 Å². The van der Waals surface area contributed by atoms with Gasteiger partial charge in [0.05, 0.1) is 6.20 Å². The summed E-state index contributed by atoms with van der Waals surface area (Å²) in [6.45, 7) is 2.11. The number of ether oxygens (including phenoxy) is 2. The summed E-state index contributed by atoms with van der Waals surface area (Å²) in [5.74, 6) is 3.10. The Bertz CT molecular complexity index is 634. The van der Waals surface area contributed by atoms with E-state index in [1.54, 1.807) is 6.20 Å². The first kappa shape index (κ1) is 12.7. The molecule has 1 fully saturated rings. The molecular formula is C16H18N2O3. The third kappa shape index (κ3) is 2.88. The lowest BCUT2D eigenvalue weighted by atomic mass is 10.1. The topological polar surface area (TPSA) is 56.5 Å². The van der Waals surface area contributed by atoms with Crippen molar-refractivity contribution >= 4 is 0 Å². The standard InChI is InChI=1S/C16H18N2O3/c1-4-13-14(20-8-7-19-13)9-11(1)15-10-18-16(21-15)5-6-17-12-2-3-12/h1,4,9-10,12,17H,2-3,5-8H2. The van der Waals surface area contributed by atoms with Crippen LogP contribution < -0.4 is 14.8 Å². The summed E-state index contributed by atoms with van der Waals surface area (Å²) in [5, 5.41) is 3.46. The second-order valence-electron chi connectivity index (χ2n) is 5.46. The minimum Gasteiger partial charge on any atom is -0.486 e. The van der Waals surface area contributed by atoms with E-state index in [9.17, 15) is 0 Å². The van der Waals surface area contributed by atoms with Gasteiger partial charge in [-0.05, 0) is 31.0 Å². The SMILES string of the molecule is c1cc2c(cc1-c1cnc(CCNC3CC3)o1)OCCO2. The maximum Gasteiger partial charge on any atom is 0.196 e. The second-order valence-corrected chi connectivity index (χ2v) is 5.46. The van der Waals surface area contributed by atoms with Crippen molar-refractivity contribution in [1.29, 1.82) is 0 Å². The van der Waals surface area contributed by atoms with Crippen LogP contribution in [0.3, 0.4) is 0 Å². The molecule has 1 saturated carbocycles. The van der Waals surface area contributed by atoms with E-state index in [4.69, 9.17) is 13.9 Å². The van der Waals surface area contributed by atoms with Gasteiger partial charge in [0.15, 0.2) is 23.1 Å². The molecule has 0 amide bonds. The summed E-state index contributed by atoms with van der Waals surface area (Å²) in [6, 6.07) is 6.56. The van der Waals surface area contributed by atoms with Gasteiger partial charge >= 0.3 is 0 Å². The molecule has 4 rings (SSSR count). The van der Waals surface area contributed by atoms with E-state index < -0.39 is 0 Å². The number of oxazole rings is 1. The molecule has 1 aliphatic carbocycles. The first-order valence-corrected chi connectivity index (χ1v) is 7.46. The van der Waals surface area contributed by atoms with Crippen molar-refractivity contribution in [3.63, 3.8) is 0 Å². The molecular weight excluding hydrogens is 268 g/mol. The molecule has 5 nitrogen and oxygen atoms in total. The lowest BCUT2D eigenvalue weighted by molar-refractivity contribution is 0.171. The Hall–Kier alpha value is -2.01. The Morgan fingerprint density at radius 2 is 2.00 bits per heavy atom. The third-order valence-corrected chi connectivity index (χ3v) is 3.73. The first-order valence-electron chi connectivity index (χ1n) is 7.46. The molecule has 0 radical (unpaired) electrons. The lowest BCUT2D eigenvalue weighted by Crippen LogP contribution is -2.19. The molecule has 1 aliphatic heterocycles. The monoisotopic (exact) mass is 286 g/mol. The molecule has 110 valence electrons. The fourth-order valence-electron chi connectivity index (χ4n) is 2.43. The van der Waals surface area contributed by atoms with Crippen LogP contribution in [0.2, 0.25) is 0 Å². The fourth-order valence-corrected chi connectivity index (χ4v) is 2.43. The van der Waals surface area contributed by atoms with E-state index in [-0.39, 0.29) is 0 Å². The predicted octanol–water partition coefficient (Wildman–Crippen LogP) is 2.41. The Morgan fingerprint density at radius 3 is 2.86 bits per heavy atom. The molecule has 2 aromatic rings. The Labute approximate surface area is 123 Å². The van der Waals surface area contributed by atoms with Crippen LogP contribution in [-0.4, -0.2) is 30.8 Å². The highest BCUT2D eigenvalue weighted by Gasteiger charge is 2.20. The van der Waals surface area contributed by atoms with Crippen molar-refractivity contribution in [3.05, 3.63) is 30.3 Å². The minimum absolute atomic E-state index is 0.588. The number of benzene rings is 1. The van der Waals surface area contributed by atoms with Crippen LogP contribution >= 0.6 is 0 Å². The summed E-state index contributed by atoms with van der Waals surface area (Å²) in [6.07, 6.45) is 5.20. The van der Waals surface area contributed by atoms with Crippen molar-refractivity contribution in [1.82, 2.24) is 10.3 Å². The van der Waals surface area contributed by atoms with Crippen LogP contribution in [0.25, 0.3) is 11.3 Å². The van der Waals surface area contributed by atoms with Gasteiger partial charge in [-0.2, -0.15) is 0 Å². The second kappa shape index (κ2) is 5.41. The van der Waals surface area contributed by atoms with Gasteiger partial charge in [-0.3, -0.25) is 0 Å². The number of rotatable bonds is 5. The molecule has 1 aromatic heterocycles. The molecule has 2 aliphatic rings. The Morgan fingerprint density at radius 1 is 1.14 bits per heavy atom. The largest absolute Gasteiger partial charge is 0.486 e. The maximum atomic E-state index is 5.82. The quantitative estimate of drug-likeness (QED) is 0.914. The van der Waals surface area contributed by atoms with Crippen LogP contribution in [0, 0.1) is 0 Å². The molecule has 5 heteroatoms. The van der Waals surface area contributed by atoms with E-state index in [1.807, 2.05) is 18.2 Å². The zero-order valence-electron chi connectivity index (χ0n) is 11.8. The summed E-state index contributed by atoms with van der Waals surface area (Å²) >= 11 is 0. The number of aromatic nitrogens is 1. The summed E-state index contributed by atoms with van der Waals surface area (Å²) < 4.78 is 16.9. The molecule has 0 bridgehead atoms. The van der Waals surface area contributed by atoms with Crippen LogP contribution in [0.1, 0.15) is 18.7 Å². The zero-order chi connectivity index (χ0) is 14.1. The van der Waals surface area contributed by atoms with Gasteiger partial charge in [0.1, 0.15) is 13.2 Å². The molecule has 0 unspecified atom stereocenters. The smallest absolute Gasteiger partial charge is 0.196 e. The molecule has 0 atom stereocenters. The van der Waals surface area contributed by atoms with Crippen molar-refractivity contribution in [2.75, 3.05) is 19.8 Å². The van der Waals surface area contributed by atoms with E-state index in [0.29, 0.717) is 13.2 Å². The summed E-state index contributed by atoms with van der Waals surface area (Å²) in [5.41, 5.74) is 0.966. The van der Waals surface area contributed by atoms with Gasteiger partial charge in [-0.1, -0.05) is 0 Å². The highest BCUT2D eigenvalue weighted by Crippen LogP contribution is 2.34. The zero-order valence-corrected chi connectivity index (χ0v) is 11.8. The van der Waals surface area contributed by atoms with E-state index in [2.05, 4.69) is 10.3 Å². The van der Waals surface area contributed by atoms with Crippen LogP contribution in [0.15, 0.2) is 28.8 Å². The number of fused-ring (bicyclic) bond motifs is 1. The molecule has 0 saturated heterocycles. The van der Waals surface area contributed by atoms with Crippen LogP contribution in [-0.2, 0) is 6.42 Å². The molecule has 21 heavy (non-hydrogen) atoms. The Balaban J connectivity index is 1.46. The summed E-state index contributed by atoms with van der Waals surface area (Å²) in [7, 11) is 0. The van der Waals surface area contributed by atoms with Crippen molar-refractivity contribution in [2.24, 2.45) is 0 Å². The van der Waals surface area contributed by atoms with E-state index in [0.717, 1.165) is 47.7 Å². The van der Waals surface area contributed by atoms with Crippen LogP contribution in [0.5, 0.6) is 11.5 Å². The molecule has 1 aromatic carbocycles. The fraction of sp³-hybridized carbons (Fsp3) is 0.438. The van der Waals surface area contributed by atoms with Gasteiger partial charge in [0.2, 0.25) is 0 Å². The lowest BCUT2D eigenvalue weighted by Gasteiger charge is -2.18. The molecule has 0 spiro atoms. The highest BCUT2D eigenvalue weighted by atomic mass is 16.6. The highest BCUT2D eigenvalue weighted by molar-refractivity contribution is 5.62. The average molecular weight is 286 g/mol. The average Bonchev–Trinajstić information content (AvgIpc) is 3.23. The molecule has 2 heterocycles. The normalized spacial score (nSPS) is 17.0. The van der Waals surface area contributed by atoms with Crippen molar-refractivity contribution in [2.45, 2.75) is 25.3 Å². The molecule has 1 N–H and O–H groups in total. The van der Waals surface area contributed by atoms with Crippen molar-refractivity contribution < 1.29 is 13.9 Å². The maximum absolute atomic E-state index is 5.82. The number of nitrogens with one attached hydrogen (secondary N) is 1. The first-order chi connectivity index (χ1) is 10.4. The van der Waals surface area contributed by atoms with Gasteiger partial charge in [0, 0.05) is 24.6 Å². The number of hydrogen-bond acceptors (Lipinski definition) is 5. The van der Waals surface area contributed by atoms with Gasteiger partial charge < -0.3 is 19.2 Å². The van der Waals surface area contributed by atoms with Gasteiger partial charge in [0.25, 0.3) is 0 Å². The Kier molecular flexibility index (Phi) is 3.27. The predicted molar refractivity (Wildman–Crippen MR) is 77.7 cm³/mol. The van der Waals surface area contributed by atoms with Crippen LogP contribution in [0.4, 0.5) is 0 Å². The van der Waals surface area contributed by atoms with E-state index in [1.165, 1.54) is 12.8 Å². The minimum atomic E-state index is 0.588. The van der Waals surface area contributed by atoms with Gasteiger partial charge in [-0.25, -0.2) is 4.98 Å². The van der Waals surface area contributed by atoms with Gasteiger partial charge in [-0.15, -0.1) is 0 Å². The van der Waals surface area contributed by atoms with Crippen molar-refractivity contribution in [3.8, 4) is 22.8 Å².